The Hall–Kier alpha value is -0.610. The summed E-state index contributed by atoms with van der Waals surface area (Å²) in [6.45, 7) is 0.962. The fourth-order valence-corrected chi connectivity index (χ4v) is 1.03. The molecule has 1 saturated heterocycles. The lowest BCUT2D eigenvalue weighted by Gasteiger charge is -2.25. The summed E-state index contributed by atoms with van der Waals surface area (Å²) in [6.07, 6.45) is -0.294. The maximum Gasteiger partial charge on any atom is 0.214 e. The van der Waals surface area contributed by atoms with Crippen molar-refractivity contribution in [3.05, 3.63) is 22.7 Å². The van der Waals surface area contributed by atoms with E-state index in [-0.39, 0.29) is 34.7 Å². The van der Waals surface area contributed by atoms with Gasteiger partial charge in [-0.3, -0.25) is 0 Å². The molecule has 1 aromatic rings. The van der Waals surface area contributed by atoms with Crippen LogP contribution in [-0.2, 0) is 4.74 Å². The van der Waals surface area contributed by atoms with Crippen LogP contribution in [-0.4, -0.2) is 24.3 Å². The Morgan fingerprint density at radius 2 is 2.58 bits per heavy atom. The van der Waals surface area contributed by atoms with Gasteiger partial charge in [-0.05, 0) is 6.04 Å². The molecule has 0 bridgehead atoms. The minimum absolute atomic E-state index is 0.00269. The lowest BCUT2D eigenvalue weighted by molar-refractivity contribution is -0.0813. The Kier molecular flexibility index (Phi) is 1.48. The van der Waals surface area contributed by atoms with Crippen LogP contribution in [0.25, 0.3) is 0 Å². The molecule has 0 amide bonds. The van der Waals surface area contributed by atoms with Crippen LogP contribution < -0.4 is 4.74 Å². The molecule has 12 heavy (non-hydrogen) atoms. The number of hydrogen-bond donors (Lipinski definition) is 0. The van der Waals surface area contributed by atoms with Gasteiger partial charge in [0.05, 0.1) is 17.3 Å². The summed E-state index contributed by atoms with van der Waals surface area (Å²) in [5.74, 6) is 0.0798. The highest BCUT2D eigenvalue weighted by Crippen LogP contribution is 2.17. The second kappa shape index (κ2) is 3.41. The Labute approximate surface area is 83.0 Å². The summed E-state index contributed by atoms with van der Waals surface area (Å²) in [5, 5.41) is 0. The SMILES string of the molecule is [2H]c1nc(OC2COC2)c([2H])c(Br)c1[2H]. The van der Waals surface area contributed by atoms with E-state index < -0.39 is 0 Å². The average Bonchev–Trinajstić information content (AvgIpc) is 2.15. The molecule has 64 valence electrons. The smallest absolute Gasteiger partial charge is 0.214 e. The zero-order valence-electron chi connectivity index (χ0n) is 9.13. The molecule has 0 N–H and O–H groups in total. The van der Waals surface area contributed by atoms with E-state index in [1.54, 1.807) is 0 Å². The van der Waals surface area contributed by atoms with E-state index >= 15 is 0 Å². The van der Waals surface area contributed by atoms with Gasteiger partial charge >= 0.3 is 0 Å². The van der Waals surface area contributed by atoms with Crippen molar-refractivity contribution in [3.8, 4) is 5.88 Å². The highest BCUT2D eigenvalue weighted by molar-refractivity contribution is 9.10. The maximum atomic E-state index is 7.65. The Morgan fingerprint density at radius 3 is 3.25 bits per heavy atom. The number of ether oxygens (including phenoxy) is 2. The van der Waals surface area contributed by atoms with Gasteiger partial charge < -0.3 is 9.47 Å². The lowest BCUT2D eigenvalue weighted by Crippen LogP contribution is -2.38. The molecule has 4 heteroatoms. The molecule has 3 nitrogen and oxygen atoms in total. The van der Waals surface area contributed by atoms with Crippen molar-refractivity contribution in [1.82, 2.24) is 4.98 Å². The molecule has 0 atom stereocenters. The second-order valence-corrected chi connectivity index (χ2v) is 3.16. The number of pyridine rings is 1. The summed E-state index contributed by atoms with van der Waals surface area (Å²) < 4.78 is 33.0. The average molecular weight is 233 g/mol. The van der Waals surface area contributed by atoms with Crippen LogP contribution in [0.15, 0.2) is 22.7 Å². The van der Waals surface area contributed by atoms with E-state index in [0.29, 0.717) is 13.2 Å². The quantitative estimate of drug-likeness (QED) is 0.777. The molecule has 0 unspecified atom stereocenters. The van der Waals surface area contributed by atoms with Gasteiger partial charge in [0.1, 0.15) is 6.10 Å². The van der Waals surface area contributed by atoms with Crippen LogP contribution in [0.3, 0.4) is 0 Å². The van der Waals surface area contributed by atoms with E-state index in [4.69, 9.17) is 13.6 Å². The monoisotopic (exact) mass is 232 g/mol. The van der Waals surface area contributed by atoms with Crippen molar-refractivity contribution in [2.75, 3.05) is 13.2 Å². The molecular formula is C8H8BrNO2. The summed E-state index contributed by atoms with van der Waals surface area (Å²) >= 11 is 3.06. The fourth-order valence-electron chi connectivity index (χ4n) is 0.777. The number of halogens is 1. The lowest BCUT2D eigenvalue weighted by atomic mass is 10.3. The number of hydrogen-bond acceptors (Lipinski definition) is 3. The summed E-state index contributed by atoms with van der Waals surface area (Å²) in [4.78, 5) is 3.74. The summed E-state index contributed by atoms with van der Waals surface area (Å²) in [5.41, 5.74) is 0. The number of aromatic nitrogens is 1. The topological polar surface area (TPSA) is 31.4 Å². The van der Waals surface area contributed by atoms with Crippen molar-refractivity contribution in [2.24, 2.45) is 0 Å². The third-order valence-corrected chi connectivity index (χ3v) is 1.82. The molecular weight excluding hydrogens is 222 g/mol. The van der Waals surface area contributed by atoms with Crippen molar-refractivity contribution >= 4 is 15.9 Å². The third kappa shape index (κ3) is 1.76. The van der Waals surface area contributed by atoms with E-state index in [0.717, 1.165) is 0 Å². The van der Waals surface area contributed by atoms with Crippen LogP contribution in [0.1, 0.15) is 4.11 Å². The highest BCUT2D eigenvalue weighted by Gasteiger charge is 2.20. The molecule has 0 aliphatic carbocycles. The minimum Gasteiger partial charge on any atom is -0.469 e. The first-order chi connectivity index (χ1) is 7.09. The van der Waals surface area contributed by atoms with Gasteiger partial charge in [-0.15, -0.1) is 0 Å². The van der Waals surface area contributed by atoms with Gasteiger partial charge in [-0.2, -0.15) is 0 Å². The molecule has 1 aliphatic rings. The molecule has 0 aromatic carbocycles. The normalized spacial score (nSPS) is 20.6. The maximum absolute atomic E-state index is 7.65. The zero-order chi connectivity index (χ0) is 11.0. The Bertz CT molecular complexity index is 398. The molecule has 0 saturated carbocycles. The van der Waals surface area contributed by atoms with Crippen molar-refractivity contribution in [1.29, 1.82) is 0 Å². The predicted octanol–water partition coefficient (Wildman–Crippen LogP) is 1.62. The van der Waals surface area contributed by atoms with Crippen LogP contribution in [0, 0.1) is 0 Å². The van der Waals surface area contributed by atoms with Crippen molar-refractivity contribution < 1.29 is 13.6 Å². The van der Waals surface area contributed by atoms with E-state index in [1.807, 2.05) is 0 Å². The van der Waals surface area contributed by atoms with Crippen molar-refractivity contribution in [2.45, 2.75) is 6.10 Å². The molecule has 1 aromatic heterocycles. The van der Waals surface area contributed by atoms with Gasteiger partial charge in [0.15, 0.2) is 0 Å². The highest BCUT2D eigenvalue weighted by atomic mass is 79.9. The minimum atomic E-state index is -0.201. The number of rotatable bonds is 2. The zero-order valence-corrected chi connectivity index (χ0v) is 7.72. The molecule has 2 rings (SSSR count). The second-order valence-electron chi connectivity index (χ2n) is 2.37. The molecule has 0 radical (unpaired) electrons. The van der Waals surface area contributed by atoms with Gasteiger partial charge in [-0.25, -0.2) is 4.98 Å². The van der Waals surface area contributed by atoms with E-state index in [1.165, 1.54) is 0 Å². The summed E-state index contributed by atoms with van der Waals surface area (Å²) in [6, 6.07) is -0.0971. The molecule has 1 aliphatic heterocycles. The first-order valence-electron chi connectivity index (χ1n) is 4.97. The Morgan fingerprint density at radius 1 is 1.75 bits per heavy atom. The molecule has 0 spiro atoms. The van der Waals surface area contributed by atoms with Gasteiger partial charge in [0, 0.05) is 16.7 Å². The molecule has 1 fully saturated rings. The first-order valence-corrected chi connectivity index (χ1v) is 4.26. The predicted molar refractivity (Wildman–Crippen MR) is 47.2 cm³/mol. The molecule has 2 heterocycles. The van der Waals surface area contributed by atoms with Crippen LogP contribution in [0.2, 0.25) is 0 Å². The van der Waals surface area contributed by atoms with Crippen LogP contribution in [0.5, 0.6) is 5.88 Å². The standard InChI is InChI=1S/C8H8BrNO2/c9-6-1-2-10-8(3-6)12-7-4-11-5-7/h1-3,7H,4-5H2/i1D,2D,3D. The van der Waals surface area contributed by atoms with E-state index in [9.17, 15) is 0 Å². The van der Waals surface area contributed by atoms with E-state index in [2.05, 4.69) is 20.9 Å². The largest absolute Gasteiger partial charge is 0.469 e. The van der Waals surface area contributed by atoms with Gasteiger partial charge in [-0.1, -0.05) is 15.9 Å². The third-order valence-electron chi connectivity index (χ3n) is 1.43. The van der Waals surface area contributed by atoms with Gasteiger partial charge in [0.2, 0.25) is 5.88 Å². The van der Waals surface area contributed by atoms with Crippen molar-refractivity contribution in [3.63, 3.8) is 0 Å². The number of nitrogens with zero attached hydrogens (tertiary/aromatic N) is 1. The van der Waals surface area contributed by atoms with Crippen LogP contribution >= 0.6 is 15.9 Å². The first kappa shape index (κ1) is 5.19. The Balaban J connectivity index is 2.30. The van der Waals surface area contributed by atoms with Gasteiger partial charge in [0.25, 0.3) is 0 Å². The van der Waals surface area contributed by atoms with Crippen LogP contribution in [0.4, 0.5) is 0 Å². The fraction of sp³-hybridized carbons (Fsp3) is 0.375. The summed E-state index contributed by atoms with van der Waals surface area (Å²) in [7, 11) is 0.